The van der Waals surface area contributed by atoms with Gasteiger partial charge >= 0.3 is 5.97 Å². The number of carbonyl (C=O) groups excluding carboxylic acids is 2. The summed E-state index contributed by atoms with van der Waals surface area (Å²) in [6.07, 6.45) is 0.610. The summed E-state index contributed by atoms with van der Waals surface area (Å²) in [6, 6.07) is 24.4. The summed E-state index contributed by atoms with van der Waals surface area (Å²) >= 11 is 0. The Labute approximate surface area is 181 Å². The summed E-state index contributed by atoms with van der Waals surface area (Å²) in [5, 5.41) is 2.67. The molecule has 0 unspecified atom stereocenters. The highest BCUT2D eigenvalue weighted by atomic mass is 16.5. The maximum Gasteiger partial charge on any atom is 0.338 e. The van der Waals surface area contributed by atoms with Gasteiger partial charge in [-0.05, 0) is 35.7 Å². The topological polar surface area (TPSA) is 73.9 Å². The molecule has 3 aromatic rings. The maximum absolute atomic E-state index is 12.5. The van der Waals surface area contributed by atoms with Crippen molar-refractivity contribution in [3.63, 3.8) is 0 Å². The summed E-state index contributed by atoms with van der Waals surface area (Å²) in [5.41, 5.74) is 2.40. The first-order valence-corrected chi connectivity index (χ1v) is 9.99. The molecule has 0 aliphatic carbocycles. The number of hydrogen-bond donors (Lipinski definition) is 1. The Morgan fingerprint density at radius 2 is 1.52 bits per heavy atom. The highest BCUT2D eigenvalue weighted by Crippen LogP contribution is 2.25. The molecule has 160 valence electrons. The minimum atomic E-state index is -0.521. The van der Waals surface area contributed by atoms with Crippen molar-refractivity contribution in [1.82, 2.24) is 5.32 Å². The molecule has 0 spiro atoms. The first-order valence-electron chi connectivity index (χ1n) is 9.99. The van der Waals surface area contributed by atoms with E-state index < -0.39 is 11.9 Å². The van der Waals surface area contributed by atoms with Gasteiger partial charge in [-0.25, -0.2) is 4.79 Å². The Kier molecular flexibility index (Phi) is 8.05. The molecule has 6 nitrogen and oxygen atoms in total. The van der Waals surface area contributed by atoms with E-state index in [4.69, 9.17) is 14.2 Å². The van der Waals surface area contributed by atoms with Gasteiger partial charge in [0, 0.05) is 0 Å². The molecule has 0 aliphatic rings. The molecule has 1 amide bonds. The van der Waals surface area contributed by atoms with Gasteiger partial charge < -0.3 is 19.5 Å². The van der Waals surface area contributed by atoms with Gasteiger partial charge in [0.2, 0.25) is 0 Å². The highest BCUT2D eigenvalue weighted by Gasteiger charge is 2.14. The van der Waals surface area contributed by atoms with Crippen LogP contribution in [-0.2, 0) is 16.0 Å². The number of benzene rings is 3. The molecule has 1 N–H and O–H groups in total. The van der Waals surface area contributed by atoms with E-state index in [0.29, 0.717) is 23.5 Å². The largest absolute Gasteiger partial charge is 0.493 e. The normalized spacial score (nSPS) is 10.2. The van der Waals surface area contributed by atoms with Crippen LogP contribution < -0.4 is 14.8 Å². The predicted molar refractivity (Wildman–Crippen MR) is 117 cm³/mol. The van der Waals surface area contributed by atoms with Crippen LogP contribution in [0.5, 0.6) is 11.5 Å². The minimum absolute atomic E-state index is 0.264. The fraction of sp³-hybridized carbons (Fsp3) is 0.200. The zero-order valence-corrected chi connectivity index (χ0v) is 17.4. The van der Waals surface area contributed by atoms with Crippen molar-refractivity contribution in [3.8, 4) is 11.5 Å². The van der Waals surface area contributed by atoms with Gasteiger partial charge in [-0.1, -0.05) is 60.7 Å². The van der Waals surface area contributed by atoms with Gasteiger partial charge in [0.25, 0.3) is 5.91 Å². The fourth-order valence-corrected chi connectivity index (χ4v) is 3.04. The van der Waals surface area contributed by atoms with E-state index in [1.165, 1.54) is 0 Å². The fourth-order valence-electron chi connectivity index (χ4n) is 3.04. The molecule has 0 atom stereocenters. The van der Waals surface area contributed by atoms with Gasteiger partial charge in [0.1, 0.15) is 6.61 Å². The Bertz CT molecular complexity index is 1000. The van der Waals surface area contributed by atoms with E-state index in [2.05, 4.69) is 5.32 Å². The van der Waals surface area contributed by atoms with Crippen molar-refractivity contribution in [2.24, 2.45) is 0 Å². The quantitative estimate of drug-likeness (QED) is 0.401. The lowest BCUT2D eigenvalue weighted by Crippen LogP contribution is -2.32. The standard InChI is InChI=1S/C25H25NO5/c1-29-22-13-7-8-14-23(22)30-16-15-26-24(27)18-31-25(28)21-12-6-5-11-20(21)17-19-9-3-2-4-10-19/h2-14H,15-18H2,1H3,(H,26,27). The van der Waals surface area contributed by atoms with Crippen LogP contribution in [-0.4, -0.2) is 38.7 Å². The third kappa shape index (κ3) is 6.60. The summed E-state index contributed by atoms with van der Waals surface area (Å²) in [5.74, 6) is 0.307. The highest BCUT2D eigenvalue weighted by molar-refractivity contribution is 5.92. The monoisotopic (exact) mass is 419 g/mol. The van der Waals surface area contributed by atoms with Crippen LogP contribution in [0.3, 0.4) is 0 Å². The number of carbonyl (C=O) groups is 2. The molecule has 3 aromatic carbocycles. The van der Waals surface area contributed by atoms with Gasteiger partial charge in [-0.15, -0.1) is 0 Å². The molecular formula is C25H25NO5. The first-order chi connectivity index (χ1) is 15.2. The van der Waals surface area contributed by atoms with Crippen LogP contribution in [0.4, 0.5) is 0 Å². The predicted octanol–water partition coefficient (Wildman–Crippen LogP) is 3.64. The zero-order valence-electron chi connectivity index (χ0n) is 17.4. The number of methoxy groups -OCH3 is 1. The van der Waals surface area contributed by atoms with E-state index >= 15 is 0 Å². The van der Waals surface area contributed by atoms with Gasteiger partial charge in [0.05, 0.1) is 19.2 Å². The van der Waals surface area contributed by atoms with Crippen molar-refractivity contribution < 1.29 is 23.8 Å². The molecule has 0 heterocycles. The summed E-state index contributed by atoms with van der Waals surface area (Å²) in [6.45, 7) is 0.187. The van der Waals surface area contributed by atoms with E-state index in [1.807, 2.05) is 54.6 Å². The van der Waals surface area contributed by atoms with Crippen molar-refractivity contribution in [3.05, 3.63) is 95.6 Å². The molecule has 0 radical (unpaired) electrons. The Morgan fingerprint density at radius 1 is 0.839 bits per heavy atom. The molecular weight excluding hydrogens is 394 g/mol. The lowest BCUT2D eigenvalue weighted by Gasteiger charge is -2.12. The summed E-state index contributed by atoms with van der Waals surface area (Å²) < 4.78 is 16.0. The summed E-state index contributed by atoms with van der Waals surface area (Å²) in [7, 11) is 1.57. The molecule has 3 rings (SSSR count). The second-order valence-electron chi connectivity index (χ2n) is 6.74. The van der Waals surface area contributed by atoms with Gasteiger partial charge in [-0.2, -0.15) is 0 Å². The first kappa shape index (κ1) is 21.9. The molecule has 0 fully saturated rings. The van der Waals surface area contributed by atoms with Gasteiger partial charge in [0.15, 0.2) is 18.1 Å². The third-order valence-electron chi connectivity index (χ3n) is 4.56. The van der Waals surface area contributed by atoms with Crippen molar-refractivity contribution >= 4 is 11.9 Å². The molecule has 0 saturated heterocycles. The lowest BCUT2D eigenvalue weighted by molar-refractivity contribution is -0.124. The zero-order chi connectivity index (χ0) is 21.9. The molecule has 0 aliphatic heterocycles. The molecule has 0 saturated carbocycles. The van der Waals surface area contributed by atoms with Gasteiger partial charge in [-0.3, -0.25) is 4.79 Å². The van der Waals surface area contributed by atoms with Crippen LogP contribution in [0.25, 0.3) is 0 Å². The van der Waals surface area contributed by atoms with Crippen molar-refractivity contribution in [2.75, 3.05) is 26.9 Å². The lowest BCUT2D eigenvalue weighted by atomic mass is 10.00. The number of esters is 1. The van der Waals surface area contributed by atoms with E-state index in [1.54, 1.807) is 31.4 Å². The average molecular weight is 419 g/mol. The second-order valence-corrected chi connectivity index (χ2v) is 6.74. The molecule has 0 bridgehead atoms. The van der Waals surface area contributed by atoms with Crippen LogP contribution in [0.2, 0.25) is 0 Å². The van der Waals surface area contributed by atoms with Crippen LogP contribution in [0, 0.1) is 0 Å². The van der Waals surface area contributed by atoms with Crippen molar-refractivity contribution in [2.45, 2.75) is 6.42 Å². The number of nitrogens with one attached hydrogen (secondary N) is 1. The van der Waals surface area contributed by atoms with Crippen LogP contribution in [0.15, 0.2) is 78.9 Å². The molecule has 6 heteroatoms. The van der Waals surface area contributed by atoms with Crippen LogP contribution in [0.1, 0.15) is 21.5 Å². The van der Waals surface area contributed by atoms with Crippen molar-refractivity contribution in [1.29, 1.82) is 0 Å². The summed E-state index contributed by atoms with van der Waals surface area (Å²) in [4.78, 5) is 24.5. The average Bonchev–Trinajstić information content (AvgIpc) is 2.81. The second kappa shape index (κ2) is 11.4. The molecule has 0 aromatic heterocycles. The van der Waals surface area contributed by atoms with E-state index in [0.717, 1.165) is 11.1 Å². The van der Waals surface area contributed by atoms with Crippen LogP contribution >= 0.6 is 0 Å². The third-order valence-corrected chi connectivity index (χ3v) is 4.56. The number of para-hydroxylation sites is 2. The minimum Gasteiger partial charge on any atom is -0.493 e. The van der Waals surface area contributed by atoms with E-state index in [9.17, 15) is 9.59 Å². The Hall–Kier alpha value is -3.80. The SMILES string of the molecule is COc1ccccc1OCCNC(=O)COC(=O)c1ccccc1Cc1ccccc1. The maximum atomic E-state index is 12.5. The smallest absolute Gasteiger partial charge is 0.338 e. The Morgan fingerprint density at radius 3 is 2.29 bits per heavy atom. The number of amides is 1. The Balaban J connectivity index is 1.45. The number of hydrogen-bond acceptors (Lipinski definition) is 5. The van der Waals surface area contributed by atoms with E-state index in [-0.39, 0.29) is 19.8 Å². The number of rotatable bonds is 10. The number of ether oxygens (including phenoxy) is 3. The molecule has 31 heavy (non-hydrogen) atoms.